The Kier molecular flexibility index (Phi) is 3.74. The molecule has 0 bridgehead atoms. The van der Waals surface area contributed by atoms with Crippen molar-refractivity contribution in [3.8, 4) is 11.3 Å². The van der Waals surface area contributed by atoms with E-state index in [1.807, 2.05) is 66.1 Å². The van der Waals surface area contributed by atoms with Crippen LogP contribution >= 0.6 is 0 Å². The second-order valence-electron chi connectivity index (χ2n) is 5.72. The molecule has 1 aromatic carbocycles. The topological polar surface area (TPSA) is 88.0 Å². The van der Waals surface area contributed by atoms with E-state index in [9.17, 15) is 4.79 Å². The van der Waals surface area contributed by atoms with Crippen molar-refractivity contribution >= 4 is 11.6 Å². The van der Waals surface area contributed by atoms with Gasteiger partial charge in [-0.25, -0.2) is 0 Å². The number of pyridine rings is 1. The maximum absolute atomic E-state index is 12.5. The van der Waals surface area contributed by atoms with Crippen LogP contribution in [0.4, 0.5) is 0 Å². The number of aromatic amines is 1. The largest absolute Gasteiger partial charge is 0.341 e. The molecule has 3 heterocycles. The van der Waals surface area contributed by atoms with Crippen LogP contribution in [0.2, 0.25) is 0 Å². The minimum atomic E-state index is -0.298. The third-order valence-corrected chi connectivity index (χ3v) is 3.97. The zero-order chi connectivity index (χ0) is 17.2. The molecule has 1 atom stereocenters. The maximum atomic E-state index is 12.5. The Labute approximate surface area is 143 Å². The summed E-state index contributed by atoms with van der Waals surface area (Å²) in [6, 6.07) is 16.8. The summed E-state index contributed by atoms with van der Waals surface area (Å²) in [6.45, 7) is 1.87. The number of H-pyrrole nitrogens is 1. The first-order chi connectivity index (χ1) is 12.2. The number of hydrogen-bond acceptors (Lipinski definition) is 4. The first-order valence-electron chi connectivity index (χ1n) is 7.94. The van der Waals surface area contributed by atoms with Crippen LogP contribution in [0.1, 0.15) is 29.3 Å². The van der Waals surface area contributed by atoms with Crippen LogP contribution in [-0.4, -0.2) is 30.7 Å². The first kappa shape index (κ1) is 15.1. The monoisotopic (exact) mass is 332 g/mol. The summed E-state index contributed by atoms with van der Waals surface area (Å²) in [6.07, 6.45) is 1.87. The van der Waals surface area contributed by atoms with Crippen LogP contribution in [0.15, 0.2) is 60.8 Å². The fourth-order valence-electron chi connectivity index (χ4n) is 2.69. The molecular weight excluding hydrogens is 316 g/mol. The molecule has 0 aliphatic carbocycles. The molecule has 0 saturated carbocycles. The summed E-state index contributed by atoms with van der Waals surface area (Å²) in [4.78, 5) is 12.5. The molecule has 0 spiro atoms. The highest BCUT2D eigenvalue weighted by molar-refractivity contribution is 5.93. The van der Waals surface area contributed by atoms with Gasteiger partial charge in [-0.1, -0.05) is 36.4 Å². The van der Waals surface area contributed by atoms with E-state index in [1.54, 1.807) is 6.07 Å². The molecule has 0 saturated heterocycles. The Bertz CT molecular complexity index is 1020. The lowest BCUT2D eigenvalue weighted by Crippen LogP contribution is -2.28. The molecule has 1 unspecified atom stereocenters. The molecule has 7 nitrogen and oxygen atoms in total. The molecule has 0 aliphatic rings. The maximum Gasteiger partial charge on any atom is 0.269 e. The smallest absolute Gasteiger partial charge is 0.269 e. The molecule has 25 heavy (non-hydrogen) atoms. The standard InChI is InChI=1S/C18H16N6O/c1-12(17-23-22-16-9-5-6-10-24(16)17)19-18(25)15-11-14(20-21-15)13-7-3-2-4-8-13/h2-12H,1H3,(H,19,25)(H,20,21). The summed E-state index contributed by atoms with van der Waals surface area (Å²) < 4.78 is 1.85. The van der Waals surface area contributed by atoms with Gasteiger partial charge in [0.2, 0.25) is 0 Å². The number of carbonyl (C=O) groups excluding carboxylic acids is 1. The van der Waals surface area contributed by atoms with Crippen LogP contribution in [-0.2, 0) is 0 Å². The normalized spacial score (nSPS) is 12.2. The van der Waals surface area contributed by atoms with E-state index in [4.69, 9.17) is 0 Å². The van der Waals surface area contributed by atoms with Crippen LogP contribution < -0.4 is 5.32 Å². The van der Waals surface area contributed by atoms with E-state index in [0.717, 1.165) is 16.9 Å². The van der Waals surface area contributed by atoms with Gasteiger partial charge < -0.3 is 5.32 Å². The number of aromatic nitrogens is 5. The molecule has 4 rings (SSSR count). The molecule has 7 heteroatoms. The lowest BCUT2D eigenvalue weighted by atomic mass is 10.1. The predicted octanol–water partition coefficient (Wildman–Crippen LogP) is 2.61. The number of nitrogens with zero attached hydrogens (tertiary/aromatic N) is 4. The van der Waals surface area contributed by atoms with Crippen molar-refractivity contribution < 1.29 is 4.79 Å². The molecule has 4 aromatic rings. The SMILES string of the molecule is CC(NC(=O)c1cc(-c2ccccc2)n[nH]1)c1nnc2ccccn12. The number of rotatable bonds is 4. The van der Waals surface area contributed by atoms with Crippen molar-refractivity contribution in [1.29, 1.82) is 0 Å². The molecular formula is C18H16N6O. The number of amides is 1. The van der Waals surface area contributed by atoms with E-state index >= 15 is 0 Å². The van der Waals surface area contributed by atoms with E-state index in [1.165, 1.54) is 0 Å². The van der Waals surface area contributed by atoms with Crippen LogP contribution in [0, 0.1) is 0 Å². The van der Waals surface area contributed by atoms with Gasteiger partial charge in [0.1, 0.15) is 5.69 Å². The van der Waals surface area contributed by atoms with E-state index in [2.05, 4.69) is 25.7 Å². The molecule has 2 N–H and O–H groups in total. The van der Waals surface area contributed by atoms with E-state index in [-0.39, 0.29) is 11.9 Å². The molecule has 0 aliphatic heterocycles. The van der Waals surface area contributed by atoms with Gasteiger partial charge >= 0.3 is 0 Å². The van der Waals surface area contributed by atoms with Crippen molar-refractivity contribution in [2.24, 2.45) is 0 Å². The van der Waals surface area contributed by atoms with Gasteiger partial charge in [-0.3, -0.25) is 14.3 Å². The highest BCUT2D eigenvalue weighted by Crippen LogP contribution is 2.18. The molecule has 0 radical (unpaired) electrons. The number of fused-ring (bicyclic) bond motifs is 1. The second kappa shape index (κ2) is 6.20. The number of benzene rings is 1. The second-order valence-corrected chi connectivity index (χ2v) is 5.72. The van der Waals surface area contributed by atoms with E-state index < -0.39 is 0 Å². The first-order valence-corrected chi connectivity index (χ1v) is 7.94. The Morgan fingerprint density at radius 1 is 1.12 bits per heavy atom. The van der Waals surface area contributed by atoms with Crippen molar-refractivity contribution in [3.63, 3.8) is 0 Å². The molecule has 0 fully saturated rings. The fraction of sp³-hybridized carbons (Fsp3) is 0.111. The molecule has 1 amide bonds. The molecule has 3 aromatic heterocycles. The average molecular weight is 332 g/mol. The quantitative estimate of drug-likeness (QED) is 0.601. The third kappa shape index (κ3) is 2.87. The zero-order valence-corrected chi connectivity index (χ0v) is 13.5. The average Bonchev–Trinajstić information content (AvgIpc) is 3.30. The summed E-state index contributed by atoms with van der Waals surface area (Å²) in [5.74, 6) is 0.432. The lowest BCUT2D eigenvalue weighted by molar-refractivity contribution is 0.0933. The third-order valence-electron chi connectivity index (χ3n) is 3.97. The van der Waals surface area contributed by atoms with Gasteiger partial charge in [0.05, 0.1) is 11.7 Å². The number of hydrogen-bond donors (Lipinski definition) is 2. The number of nitrogens with one attached hydrogen (secondary N) is 2. The van der Waals surface area contributed by atoms with Gasteiger partial charge in [0.15, 0.2) is 11.5 Å². The van der Waals surface area contributed by atoms with Crippen LogP contribution in [0.25, 0.3) is 16.9 Å². The minimum Gasteiger partial charge on any atom is -0.341 e. The van der Waals surface area contributed by atoms with Gasteiger partial charge in [0.25, 0.3) is 5.91 Å². The summed E-state index contributed by atoms with van der Waals surface area (Å²) in [5.41, 5.74) is 2.83. The van der Waals surface area contributed by atoms with Gasteiger partial charge in [-0.2, -0.15) is 5.10 Å². The van der Waals surface area contributed by atoms with Crippen molar-refractivity contribution in [2.45, 2.75) is 13.0 Å². The highest BCUT2D eigenvalue weighted by atomic mass is 16.2. The van der Waals surface area contributed by atoms with Crippen LogP contribution in [0.5, 0.6) is 0 Å². The zero-order valence-electron chi connectivity index (χ0n) is 13.5. The van der Waals surface area contributed by atoms with Crippen molar-refractivity contribution in [1.82, 2.24) is 30.1 Å². The Morgan fingerprint density at radius 2 is 1.92 bits per heavy atom. The van der Waals surface area contributed by atoms with Gasteiger partial charge in [-0.15, -0.1) is 10.2 Å². The highest BCUT2D eigenvalue weighted by Gasteiger charge is 2.18. The summed E-state index contributed by atoms with van der Waals surface area (Å²) >= 11 is 0. The number of carbonyl (C=O) groups is 1. The van der Waals surface area contributed by atoms with Crippen molar-refractivity contribution in [3.05, 3.63) is 72.3 Å². The van der Waals surface area contributed by atoms with Crippen molar-refractivity contribution in [2.75, 3.05) is 0 Å². The van der Waals surface area contributed by atoms with Crippen LogP contribution in [0.3, 0.4) is 0 Å². The van der Waals surface area contributed by atoms with E-state index in [0.29, 0.717) is 11.5 Å². The predicted molar refractivity (Wildman–Crippen MR) is 92.9 cm³/mol. The Balaban J connectivity index is 1.53. The van der Waals surface area contributed by atoms with Gasteiger partial charge in [0, 0.05) is 11.8 Å². The Hall–Kier alpha value is -3.48. The Morgan fingerprint density at radius 3 is 2.76 bits per heavy atom. The summed E-state index contributed by atoms with van der Waals surface area (Å²) in [5, 5.41) is 18.2. The minimum absolute atomic E-state index is 0.241. The lowest BCUT2D eigenvalue weighted by Gasteiger charge is -2.11. The summed E-state index contributed by atoms with van der Waals surface area (Å²) in [7, 11) is 0. The fourth-order valence-corrected chi connectivity index (χ4v) is 2.69. The van der Waals surface area contributed by atoms with Gasteiger partial charge in [-0.05, 0) is 25.1 Å². The molecule has 124 valence electrons.